The van der Waals surface area contributed by atoms with Crippen molar-refractivity contribution in [1.82, 2.24) is 5.32 Å². The summed E-state index contributed by atoms with van der Waals surface area (Å²) in [6.45, 7) is 1.86. The van der Waals surface area contributed by atoms with Gasteiger partial charge < -0.3 is 15.5 Å². The van der Waals surface area contributed by atoms with Crippen LogP contribution in [-0.2, 0) is 0 Å². The summed E-state index contributed by atoms with van der Waals surface area (Å²) < 4.78 is 0. The number of rotatable bonds is 3. The van der Waals surface area contributed by atoms with Crippen LogP contribution in [0.4, 0.5) is 0 Å². The van der Waals surface area contributed by atoms with Crippen LogP contribution >= 0.6 is 11.3 Å². The van der Waals surface area contributed by atoms with E-state index in [0.717, 1.165) is 4.88 Å². The Morgan fingerprint density at radius 2 is 2.11 bits per heavy atom. The molecule has 2 rings (SSSR count). The monoisotopic (exact) mass is 263 g/mol. The number of thiophene rings is 1. The fraction of sp³-hybridized carbons (Fsp3) is 0.154. The van der Waals surface area contributed by atoms with Gasteiger partial charge in [0.05, 0.1) is 11.6 Å². The summed E-state index contributed by atoms with van der Waals surface area (Å²) in [5, 5.41) is 23.6. The molecule has 0 spiro atoms. The van der Waals surface area contributed by atoms with Crippen LogP contribution in [0.3, 0.4) is 0 Å². The minimum absolute atomic E-state index is 0.0540. The van der Waals surface area contributed by atoms with Crippen molar-refractivity contribution >= 4 is 17.2 Å². The van der Waals surface area contributed by atoms with E-state index in [-0.39, 0.29) is 23.1 Å². The zero-order valence-corrected chi connectivity index (χ0v) is 10.6. The summed E-state index contributed by atoms with van der Waals surface area (Å²) in [6.07, 6.45) is 0. The van der Waals surface area contributed by atoms with Crippen LogP contribution in [0.15, 0.2) is 35.7 Å². The lowest BCUT2D eigenvalue weighted by Gasteiger charge is -2.13. The van der Waals surface area contributed by atoms with Gasteiger partial charge in [0.1, 0.15) is 11.5 Å². The van der Waals surface area contributed by atoms with Crippen molar-refractivity contribution in [3.63, 3.8) is 0 Å². The normalized spacial score (nSPS) is 12.1. The predicted octanol–water partition coefficient (Wildman–Crippen LogP) is 2.65. The average molecular weight is 263 g/mol. The number of phenols is 2. The molecule has 1 heterocycles. The summed E-state index contributed by atoms with van der Waals surface area (Å²) >= 11 is 1.55. The lowest BCUT2D eigenvalue weighted by Crippen LogP contribution is -2.26. The van der Waals surface area contributed by atoms with Crippen LogP contribution in [0.5, 0.6) is 11.5 Å². The van der Waals surface area contributed by atoms with Gasteiger partial charge in [-0.1, -0.05) is 6.07 Å². The van der Waals surface area contributed by atoms with E-state index in [4.69, 9.17) is 0 Å². The molecule has 18 heavy (non-hydrogen) atoms. The molecule has 0 aliphatic rings. The van der Waals surface area contributed by atoms with Gasteiger partial charge in [-0.3, -0.25) is 4.79 Å². The Bertz CT molecular complexity index is 551. The number of aromatic hydroxyl groups is 2. The molecule has 1 unspecified atom stereocenters. The molecule has 0 saturated carbocycles. The first-order chi connectivity index (χ1) is 8.58. The van der Waals surface area contributed by atoms with Crippen LogP contribution in [0, 0.1) is 0 Å². The minimum Gasteiger partial charge on any atom is -0.508 e. The Kier molecular flexibility index (Phi) is 3.53. The van der Waals surface area contributed by atoms with Crippen molar-refractivity contribution < 1.29 is 15.0 Å². The molecule has 0 saturated heterocycles. The molecule has 94 valence electrons. The molecule has 2 aromatic rings. The van der Waals surface area contributed by atoms with Gasteiger partial charge in [-0.15, -0.1) is 11.3 Å². The van der Waals surface area contributed by atoms with E-state index in [1.54, 1.807) is 11.3 Å². The molecule has 1 atom stereocenters. The Balaban J connectivity index is 2.15. The van der Waals surface area contributed by atoms with Crippen LogP contribution in [0.1, 0.15) is 28.2 Å². The zero-order chi connectivity index (χ0) is 13.1. The third-order valence-corrected chi connectivity index (χ3v) is 3.60. The van der Waals surface area contributed by atoms with Crippen LogP contribution in [-0.4, -0.2) is 16.1 Å². The Morgan fingerprint density at radius 3 is 2.78 bits per heavy atom. The quantitative estimate of drug-likeness (QED) is 0.746. The number of phenolic OH excluding ortho intramolecular Hbond substituents is 2. The maximum Gasteiger partial charge on any atom is 0.255 e. The van der Waals surface area contributed by atoms with Crippen LogP contribution in [0.25, 0.3) is 0 Å². The summed E-state index contributed by atoms with van der Waals surface area (Å²) in [5.41, 5.74) is 0.0680. The van der Waals surface area contributed by atoms with Gasteiger partial charge in [0.15, 0.2) is 0 Å². The smallest absolute Gasteiger partial charge is 0.255 e. The highest BCUT2D eigenvalue weighted by molar-refractivity contribution is 7.10. The van der Waals surface area contributed by atoms with E-state index >= 15 is 0 Å². The fourth-order valence-electron chi connectivity index (χ4n) is 1.59. The Hall–Kier alpha value is -2.01. The lowest BCUT2D eigenvalue weighted by molar-refractivity contribution is 0.0937. The highest BCUT2D eigenvalue weighted by atomic mass is 32.1. The second-order valence-corrected chi connectivity index (χ2v) is 4.89. The Morgan fingerprint density at radius 1 is 1.33 bits per heavy atom. The molecule has 3 N–H and O–H groups in total. The number of carbonyl (C=O) groups is 1. The van der Waals surface area contributed by atoms with Gasteiger partial charge in [0.2, 0.25) is 0 Å². The first-order valence-electron chi connectivity index (χ1n) is 5.44. The van der Waals surface area contributed by atoms with E-state index in [9.17, 15) is 15.0 Å². The maximum absolute atomic E-state index is 11.9. The molecule has 0 aliphatic heterocycles. The second kappa shape index (κ2) is 5.10. The number of benzene rings is 1. The van der Waals surface area contributed by atoms with Crippen LogP contribution in [0.2, 0.25) is 0 Å². The molecule has 0 bridgehead atoms. The summed E-state index contributed by atoms with van der Waals surface area (Å²) in [6, 6.07) is 7.56. The topological polar surface area (TPSA) is 69.6 Å². The van der Waals surface area contributed by atoms with Crippen LogP contribution < -0.4 is 5.32 Å². The molecule has 1 aromatic heterocycles. The lowest BCUT2D eigenvalue weighted by atomic mass is 10.1. The molecule has 1 amide bonds. The molecule has 5 heteroatoms. The van der Waals surface area contributed by atoms with Gasteiger partial charge >= 0.3 is 0 Å². The van der Waals surface area contributed by atoms with E-state index in [1.165, 1.54) is 18.2 Å². The minimum atomic E-state index is -0.413. The van der Waals surface area contributed by atoms with E-state index in [0.29, 0.717) is 0 Å². The van der Waals surface area contributed by atoms with Gasteiger partial charge in [-0.05, 0) is 36.6 Å². The van der Waals surface area contributed by atoms with Gasteiger partial charge in [0.25, 0.3) is 5.91 Å². The number of amides is 1. The van der Waals surface area contributed by atoms with Crippen molar-refractivity contribution in [2.45, 2.75) is 13.0 Å². The molecule has 0 aliphatic carbocycles. The van der Waals surface area contributed by atoms with Crippen molar-refractivity contribution in [3.05, 3.63) is 46.2 Å². The average Bonchev–Trinajstić information content (AvgIpc) is 2.85. The fourth-order valence-corrected chi connectivity index (χ4v) is 2.32. The van der Waals surface area contributed by atoms with E-state index in [1.807, 2.05) is 24.4 Å². The molecule has 0 radical (unpaired) electrons. The molecular formula is C13H13NO3S. The molecule has 4 nitrogen and oxygen atoms in total. The molecular weight excluding hydrogens is 250 g/mol. The summed E-state index contributed by atoms with van der Waals surface area (Å²) in [5.74, 6) is -0.616. The van der Waals surface area contributed by atoms with E-state index < -0.39 is 5.91 Å². The number of nitrogens with one attached hydrogen (secondary N) is 1. The van der Waals surface area contributed by atoms with Crippen molar-refractivity contribution in [2.24, 2.45) is 0 Å². The Labute approximate surface area is 109 Å². The van der Waals surface area contributed by atoms with Crippen molar-refractivity contribution in [3.8, 4) is 11.5 Å². The largest absolute Gasteiger partial charge is 0.508 e. The first kappa shape index (κ1) is 12.4. The number of hydrogen-bond acceptors (Lipinski definition) is 4. The number of hydrogen-bond donors (Lipinski definition) is 3. The maximum atomic E-state index is 11.9. The van der Waals surface area contributed by atoms with Gasteiger partial charge in [0, 0.05) is 4.88 Å². The molecule has 1 aromatic carbocycles. The predicted molar refractivity (Wildman–Crippen MR) is 70.0 cm³/mol. The molecule has 0 fully saturated rings. The SMILES string of the molecule is CC(NC(=O)c1cc(O)ccc1O)c1cccs1. The highest BCUT2D eigenvalue weighted by Gasteiger charge is 2.15. The van der Waals surface area contributed by atoms with Crippen molar-refractivity contribution in [1.29, 1.82) is 0 Å². The van der Waals surface area contributed by atoms with Gasteiger partial charge in [-0.25, -0.2) is 0 Å². The van der Waals surface area contributed by atoms with Crippen molar-refractivity contribution in [2.75, 3.05) is 0 Å². The standard InChI is InChI=1S/C13H13NO3S/c1-8(12-3-2-6-18-12)14-13(17)10-7-9(15)4-5-11(10)16/h2-8,15-16H,1H3,(H,14,17). The third-order valence-electron chi connectivity index (χ3n) is 2.54. The first-order valence-corrected chi connectivity index (χ1v) is 6.32. The van der Waals surface area contributed by atoms with E-state index in [2.05, 4.69) is 5.32 Å². The van der Waals surface area contributed by atoms with Gasteiger partial charge in [-0.2, -0.15) is 0 Å². The number of carbonyl (C=O) groups excluding carboxylic acids is 1. The zero-order valence-electron chi connectivity index (χ0n) is 9.75. The second-order valence-electron chi connectivity index (χ2n) is 3.91. The highest BCUT2D eigenvalue weighted by Crippen LogP contribution is 2.24. The third kappa shape index (κ3) is 2.62. The summed E-state index contributed by atoms with van der Waals surface area (Å²) in [7, 11) is 0. The summed E-state index contributed by atoms with van der Waals surface area (Å²) in [4.78, 5) is 13.0.